The molecule has 0 bridgehead atoms. The maximum atomic E-state index is 13.5. The summed E-state index contributed by atoms with van der Waals surface area (Å²) in [6.45, 7) is 18.5. The summed E-state index contributed by atoms with van der Waals surface area (Å²) in [4.78, 5) is 42.8. The monoisotopic (exact) mass is 966 g/mol. The van der Waals surface area contributed by atoms with Gasteiger partial charge in [-0.2, -0.15) is 26.3 Å². The first kappa shape index (κ1) is 47.1. The average Bonchev–Trinajstić information content (AvgIpc) is 3.16. The van der Waals surface area contributed by atoms with Crippen molar-refractivity contribution in [2.45, 2.75) is 92.4 Å². The number of hydrogen-bond donors (Lipinski definition) is 2. The highest BCUT2D eigenvalue weighted by Crippen LogP contribution is 2.43. The molecule has 2 aromatic carbocycles. The van der Waals surface area contributed by atoms with Crippen LogP contribution >= 0.6 is 15.9 Å². The molecule has 0 aliphatic carbocycles. The van der Waals surface area contributed by atoms with Crippen LogP contribution in [0.5, 0.6) is 0 Å². The second kappa shape index (κ2) is 17.5. The van der Waals surface area contributed by atoms with Gasteiger partial charge in [0, 0.05) is 42.3 Å². The highest BCUT2D eigenvalue weighted by atomic mass is 79.9. The van der Waals surface area contributed by atoms with Crippen LogP contribution < -0.4 is 15.5 Å². The molecule has 1 amide bonds. The van der Waals surface area contributed by atoms with Gasteiger partial charge in [0.1, 0.15) is 28.9 Å². The Labute approximate surface area is 380 Å². The lowest BCUT2D eigenvalue weighted by Gasteiger charge is -2.60. The van der Waals surface area contributed by atoms with Gasteiger partial charge in [-0.15, -0.1) is 0 Å². The molecule has 4 aromatic heterocycles. The van der Waals surface area contributed by atoms with E-state index in [1.807, 2.05) is 39.8 Å². The number of aromatic nitrogens is 6. The zero-order valence-electron chi connectivity index (χ0n) is 37.3. The molecule has 2 aliphatic rings. The number of ether oxygens (including phenoxy) is 1. The van der Waals surface area contributed by atoms with E-state index >= 15 is 0 Å². The van der Waals surface area contributed by atoms with E-state index in [-0.39, 0.29) is 28.7 Å². The molecule has 1 spiro atoms. The van der Waals surface area contributed by atoms with Gasteiger partial charge in [0.25, 0.3) is 0 Å². The van der Waals surface area contributed by atoms with Crippen LogP contribution in [0.15, 0.2) is 65.4 Å². The molecule has 0 saturated carbocycles. The molecule has 2 fully saturated rings. The number of rotatable bonds is 7. The first-order valence-corrected chi connectivity index (χ1v) is 21.6. The summed E-state index contributed by atoms with van der Waals surface area (Å²) in [6.07, 6.45) is -5.68. The number of nitrogens with one attached hydrogen (secondary N) is 2. The highest BCUT2D eigenvalue weighted by Gasteiger charge is 2.54. The molecule has 19 heteroatoms. The van der Waals surface area contributed by atoms with Crippen LogP contribution in [0.1, 0.15) is 91.7 Å². The van der Waals surface area contributed by atoms with Crippen molar-refractivity contribution in [2.24, 2.45) is 5.41 Å². The fourth-order valence-electron chi connectivity index (χ4n) is 8.39. The van der Waals surface area contributed by atoms with E-state index in [4.69, 9.17) is 4.74 Å². The molecule has 12 nitrogen and oxygen atoms in total. The largest absolute Gasteiger partial charge is 0.444 e. The summed E-state index contributed by atoms with van der Waals surface area (Å²) >= 11 is 3.37. The number of fused-ring (bicyclic) bond motifs is 2. The summed E-state index contributed by atoms with van der Waals surface area (Å²) in [7, 11) is 0. The Morgan fingerprint density at radius 2 is 1.17 bits per heavy atom. The molecule has 6 aromatic rings. The first-order valence-electron chi connectivity index (χ1n) is 20.8. The Balaban J connectivity index is 0.000000210. The fourth-order valence-corrected chi connectivity index (χ4v) is 8.72. The van der Waals surface area contributed by atoms with Crippen LogP contribution in [0.3, 0.4) is 0 Å². The van der Waals surface area contributed by atoms with Crippen LogP contribution in [0.4, 0.5) is 48.5 Å². The van der Waals surface area contributed by atoms with E-state index < -0.39 is 35.1 Å². The molecule has 0 unspecified atom stereocenters. The molecular weight excluding hydrogens is 918 g/mol. The van der Waals surface area contributed by atoms with Gasteiger partial charge in [-0.1, -0.05) is 24.3 Å². The maximum Gasteiger partial charge on any atom is 0.416 e. The third kappa shape index (κ3) is 10.3. The number of nitrogens with zero attached hydrogens (tertiary/aromatic N) is 8. The standard InChI is InChI=1S/C28H33F3N6O2.C18H16BrF3N4/c1-16-20(8-7-9-22(16)28(29,30)31)17(2)33-24-21-10-19(11-32-23(21)34-18(3)35-24)36-12-27(13-36)14-37(15-27)25(38)39-26(4,5)6;1-9-13(5-4-6-15(9)18(20,21)22)10(2)24-17-14-7-12(19)8-23-16(14)25-11(3)26-17/h7-11,17H,12-15H2,1-6H3,(H,32,33,34,35);4-8,10H,1-3H3,(H,23,24,25,26)/t17-;10-/m11/s1. The molecule has 65 heavy (non-hydrogen) atoms. The van der Waals surface area contributed by atoms with Gasteiger partial charge in [-0.3, -0.25) is 0 Å². The Bertz CT molecular complexity index is 2770. The Hall–Kier alpha value is -5.85. The number of carbonyl (C=O) groups excluding carboxylic acids is 1. The third-order valence-electron chi connectivity index (χ3n) is 11.4. The topological polar surface area (TPSA) is 134 Å². The third-order valence-corrected chi connectivity index (χ3v) is 11.8. The summed E-state index contributed by atoms with van der Waals surface area (Å²) in [5.74, 6) is 2.09. The number of halogens is 7. The second-order valence-corrected chi connectivity index (χ2v) is 18.7. The van der Waals surface area contributed by atoms with Crippen molar-refractivity contribution in [2.75, 3.05) is 41.7 Å². The van der Waals surface area contributed by atoms with E-state index in [0.29, 0.717) is 69.6 Å². The zero-order chi connectivity index (χ0) is 47.4. The lowest BCUT2D eigenvalue weighted by Crippen LogP contribution is -2.73. The number of hydrogen-bond acceptors (Lipinski definition) is 11. The molecule has 344 valence electrons. The smallest absolute Gasteiger partial charge is 0.416 e. The van der Waals surface area contributed by atoms with Gasteiger partial charge in [0.15, 0.2) is 11.3 Å². The van der Waals surface area contributed by atoms with Crippen LogP contribution in [0, 0.1) is 33.1 Å². The van der Waals surface area contributed by atoms with Crippen molar-refractivity contribution in [3.63, 3.8) is 0 Å². The summed E-state index contributed by atoms with van der Waals surface area (Å²) in [5, 5.41) is 7.90. The van der Waals surface area contributed by atoms with Crippen molar-refractivity contribution < 1.29 is 35.9 Å². The quantitative estimate of drug-likeness (QED) is 0.148. The van der Waals surface area contributed by atoms with Gasteiger partial charge < -0.3 is 25.2 Å². The van der Waals surface area contributed by atoms with E-state index in [1.165, 1.54) is 26.0 Å². The molecule has 2 N–H and O–H groups in total. The van der Waals surface area contributed by atoms with Crippen molar-refractivity contribution in [3.8, 4) is 0 Å². The van der Waals surface area contributed by atoms with Crippen LogP contribution in [-0.2, 0) is 17.1 Å². The highest BCUT2D eigenvalue weighted by molar-refractivity contribution is 9.10. The Morgan fingerprint density at radius 3 is 1.63 bits per heavy atom. The molecule has 2 aliphatic heterocycles. The maximum absolute atomic E-state index is 13.5. The molecule has 2 atom stereocenters. The minimum Gasteiger partial charge on any atom is -0.444 e. The Morgan fingerprint density at radius 1 is 0.708 bits per heavy atom. The number of benzene rings is 2. The van der Waals surface area contributed by atoms with E-state index in [1.54, 1.807) is 50.2 Å². The summed E-state index contributed by atoms with van der Waals surface area (Å²) in [6, 6.07) is 11.4. The van der Waals surface area contributed by atoms with Crippen molar-refractivity contribution in [1.82, 2.24) is 34.8 Å². The lowest BCUT2D eigenvalue weighted by atomic mass is 9.73. The van der Waals surface area contributed by atoms with E-state index in [9.17, 15) is 31.1 Å². The number of anilines is 3. The van der Waals surface area contributed by atoms with Crippen molar-refractivity contribution in [1.29, 1.82) is 0 Å². The Kier molecular flexibility index (Phi) is 12.7. The molecule has 8 rings (SSSR count). The number of pyridine rings is 2. The van der Waals surface area contributed by atoms with Crippen molar-refractivity contribution >= 4 is 61.4 Å². The zero-order valence-corrected chi connectivity index (χ0v) is 38.9. The predicted molar refractivity (Wildman–Crippen MR) is 241 cm³/mol. The van der Waals surface area contributed by atoms with E-state index in [0.717, 1.165) is 35.4 Å². The normalized spacial score (nSPS) is 15.8. The number of aryl methyl sites for hydroxylation is 2. The van der Waals surface area contributed by atoms with Crippen LogP contribution in [0.2, 0.25) is 0 Å². The SMILES string of the molecule is Cc1nc(N[C@H](C)c2cccc(C(F)(F)F)c2C)c2cc(Br)cnc2n1.Cc1nc(N[C@H](C)c2cccc(C(F)(F)F)c2C)c2cc(N3CC4(CN(C(=O)OC(C)(C)C)C4)C3)cnc2n1. The minimum absolute atomic E-state index is 0.0479. The number of alkyl halides is 6. The van der Waals surface area contributed by atoms with Crippen LogP contribution in [-0.4, -0.2) is 72.7 Å². The van der Waals surface area contributed by atoms with Crippen molar-refractivity contribution in [3.05, 3.63) is 110 Å². The second-order valence-electron chi connectivity index (χ2n) is 17.8. The first-order chi connectivity index (χ1) is 30.3. The molecular formula is C46H49BrF6N10O2. The number of amides is 1. The van der Waals surface area contributed by atoms with Gasteiger partial charge in [-0.05, 0) is 125 Å². The summed E-state index contributed by atoms with van der Waals surface area (Å²) < 4.78 is 86.2. The average molecular weight is 968 g/mol. The predicted octanol–water partition coefficient (Wildman–Crippen LogP) is 11.5. The van der Waals surface area contributed by atoms with Gasteiger partial charge in [0.05, 0.1) is 45.9 Å². The van der Waals surface area contributed by atoms with Gasteiger partial charge >= 0.3 is 18.4 Å². The molecule has 2 saturated heterocycles. The van der Waals surface area contributed by atoms with Gasteiger partial charge in [-0.25, -0.2) is 34.7 Å². The van der Waals surface area contributed by atoms with Gasteiger partial charge in [0.2, 0.25) is 0 Å². The number of likely N-dealkylation sites (tertiary alicyclic amines) is 1. The lowest BCUT2D eigenvalue weighted by molar-refractivity contribution is -0.138. The fraction of sp³-hybridized carbons (Fsp3) is 0.413. The number of carbonyl (C=O) groups is 1. The van der Waals surface area contributed by atoms with Crippen LogP contribution in [0.25, 0.3) is 22.1 Å². The van der Waals surface area contributed by atoms with E-state index in [2.05, 4.69) is 61.4 Å². The summed E-state index contributed by atoms with van der Waals surface area (Å²) in [5.41, 5.74) is 1.69. The minimum atomic E-state index is -4.42. The molecule has 6 heterocycles. The molecule has 0 radical (unpaired) electrons.